The van der Waals surface area contributed by atoms with E-state index >= 15 is 0 Å². The average Bonchev–Trinajstić information content (AvgIpc) is 3.25. The minimum absolute atomic E-state index is 0.124. The van der Waals surface area contributed by atoms with Crippen LogP contribution >= 0.6 is 0 Å². The molecule has 8 nitrogen and oxygen atoms in total. The van der Waals surface area contributed by atoms with Gasteiger partial charge in [-0.1, -0.05) is 6.08 Å². The van der Waals surface area contributed by atoms with Gasteiger partial charge in [0.15, 0.2) is 0 Å². The van der Waals surface area contributed by atoms with Crippen molar-refractivity contribution < 1.29 is 29.3 Å². The molecule has 27 heavy (non-hydrogen) atoms. The van der Waals surface area contributed by atoms with Crippen molar-refractivity contribution in [2.75, 3.05) is 13.2 Å². The third-order valence-corrected chi connectivity index (χ3v) is 6.23. The molecule has 0 aromatic carbocycles. The van der Waals surface area contributed by atoms with E-state index in [1.54, 1.807) is 17.9 Å². The van der Waals surface area contributed by atoms with Crippen LogP contribution in [0.15, 0.2) is 12.7 Å². The number of aliphatic carboxylic acids is 1. The van der Waals surface area contributed by atoms with E-state index in [1.165, 1.54) is 4.90 Å². The van der Waals surface area contributed by atoms with E-state index < -0.39 is 47.5 Å². The van der Waals surface area contributed by atoms with Gasteiger partial charge in [0.25, 0.3) is 0 Å². The Morgan fingerprint density at radius 3 is 2.63 bits per heavy atom. The second kappa shape index (κ2) is 6.91. The van der Waals surface area contributed by atoms with Crippen LogP contribution < -0.4 is 0 Å². The first-order valence-electron chi connectivity index (χ1n) is 9.46. The Morgan fingerprint density at radius 2 is 2.11 bits per heavy atom. The van der Waals surface area contributed by atoms with Crippen LogP contribution in [0.25, 0.3) is 0 Å². The largest absolute Gasteiger partial charge is 0.481 e. The molecule has 3 rings (SSSR count). The van der Waals surface area contributed by atoms with Gasteiger partial charge in [0.05, 0.1) is 30.6 Å². The molecule has 6 atom stereocenters. The van der Waals surface area contributed by atoms with Gasteiger partial charge in [-0.05, 0) is 33.6 Å². The van der Waals surface area contributed by atoms with Crippen molar-refractivity contribution in [3.63, 3.8) is 0 Å². The van der Waals surface area contributed by atoms with Crippen molar-refractivity contribution >= 4 is 17.8 Å². The maximum absolute atomic E-state index is 13.5. The van der Waals surface area contributed by atoms with Crippen molar-refractivity contribution in [3.05, 3.63) is 12.7 Å². The van der Waals surface area contributed by atoms with Gasteiger partial charge < -0.3 is 24.7 Å². The zero-order valence-electron chi connectivity index (χ0n) is 16.0. The molecule has 3 heterocycles. The molecule has 0 aromatic rings. The van der Waals surface area contributed by atoms with E-state index in [-0.39, 0.29) is 18.6 Å². The Balaban J connectivity index is 2.09. The molecule has 3 fully saturated rings. The van der Waals surface area contributed by atoms with E-state index in [2.05, 4.69) is 6.58 Å². The number of fused-ring (bicyclic) bond motifs is 1. The van der Waals surface area contributed by atoms with Crippen molar-refractivity contribution in [1.29, 1.82) is 0 Å². The summed E-state index contributed by atoms with van der Waals surface area (Å²) in [6, 6.07) is -1.67. The number of likely N-dealkylation sites (tertiary alicyclic amines) is 1. The van der Waals surface area contributed by atoms with Gasteiger partial charge in [-0.2, -0.15) is 0 Å². The third kappa shape index (κ3) is 2.69. The standard InChI is InChI=1S/C19H28N2O6/c1-5-8-20(10(2)3)17(24)15-19-7-6-12(27-19)13(18(25)26)14(19)16(23)21(15)11(4)9-22/h5,10-15,22H,1,6-9H2,2-4H3,(H,25,26)/t11-,12-,13+,14+,15-,19+/m1/s1. The predicted molar refractivity (Wildman–Crippen MR) is 95.7 cm³/mol. The number of carboxylic acids is 1. The molecule has 2 bridgehead atoms. The molecule has 3 aliphatic rings. The highest BCUT2D eigenvalue weighted by atomic mass is 16.5. The summed E-state index contributed by atoms with van der Waals surface area (Å²) in [7, 11) is 0. The van der Waals surface area contributed by atoms with Crippen LogP contribution in [0.5, 0.6) is 0 Å². The van der Waals surface area contributed by atoms with Crippen LogP contribution in [-0.4, -0.2) is 80.8 Å². The Bertz CT molecular complexity index is 665. The molecular weight excluding hydrogens is 352 g/mol. The van der Waals surface area contributed by atoms with Gasteiger partial charge in [-0.3, -0.25) is 14.4 Å². The minimum Gasteiger partial charge on any atom is -0.481 e. The quantitative estimate of drug-likeness (QED) is 0.613. The number of carbonyl (C=O) groups excluding carboxylic acids is 2. The normalized spacial score (nSPS) is 35.4. The maximum Gasteiger partial charge on any atom is 0.310 e. The molecule has 1 spiro atoms. The third-order valence-electron chi connectivity index (χ3n) is 6.23. The summed E-state index contributed by atoms with van der Waals surface area (Å²) in [4.78, 5) is 41.6. The van der Waals surface area contributed by atoms with Crippen LogP contribution in [0.4, 0.5) is 0 Å². The minimum atomic E-state index is -1.14. The molecule has 3 saturated heterocycles. The van der Waals surface area contributed by atoms with Gasteiger partial charge in [-0.25, -0.2) is 0 Å². The highest BCUT2D eigenvalue weighted by Crippen LogP contribution is 2.58. The van der Waals surface area contributed by atoms with Crippen molar-refractivity contribution in [2.24, 2.45) is 11.8 Å². The van der Waals surface area contributed by atoms with Crippen molar-refractivity contribution in [2.45, 2.75) is 63.4 Å². The summed E-state index contributed by atoms with van der Waals surface area (Å²) in [5.74, 6) is -3.62. The molecule has 0 aliphatic carbocycles. The molecule has 2 amide bonds. The monoisotopic (exact) mass is 380 g/mol. The molecule has 0 aromatic heterocycles. The molecule has 8 heteroatoms. The van der Waals surface area contributed by atoms with Crippen molar-refractivity contribution in [1.82, 2.24) is 9.80 Å². The first-order chi connectivity index (χ1) is 12.7. The lowest BCUT2D eigenvalue weighted by molar-refractivity contribution is -0.153. The topological polar surface area (TPSA) is 107 Å². The van der Waals surface area contributed by atoms with Crippen LogP contribution in [0.1, 0.15) is 33.6 Å². The number of hydrogen-bond acceptors (Lipinski definition) is 5. The highest BCUT2D eigenvalue weighted by Gasteiger charge is 2.75. The molecule has 0 radical (unpaired) electrons. The van der Waals surface area contributed by atoms with Gasteiger partial charge >= 0.3 is 5.97 Å². The molecule has 150 valence electrons. The first-order valence-corrected chi connectivity index (χ1v) is 9.46. The molecule has 2 N–H and O–H groups in total. The van der Waals surface area contributed by atoms with Crippen LogP contribution in [0.2, 0.25) is 0 Å². The second-order valence-corrected chi connectivity index (χ2v) is 8.04. The summed E-state index contributed by atoms with van der Waals surface area (Å²) in [6.45, 7) is 9.11. The van der Waals surface area contributed by atoms with Crippen LogP contribution in [0, 0.1) is 11.8 Å². The van der Waals surface area contributed by atoms with Gasteiger partial charge in [0.2, 0.25) is 11.8 Å². The van der Waals surface area contributed by atoms with Gasteiger partial charge in [0, 0.05) is 12.6 Å². The summed E-state index contributed by atoms with van der Waals surface area (Å²) in [6.07, 6.45) is 2.04. The fraction of sp³-hybridized carbons (Fsp3) is 0.737. The Hall–Kier alpha value is -1.93. The zero-order valence-corrected chi connectivity index (χ0v) is 16.0. The van der Waals surface area contributed by atoms with E-state index in [9.17, 15) is 24.6 Å². The SMILES string of the molecule is C=CCN(C(=O)[C@H]1N([C@H](C)CO)C(=O)[C@@H]2[C@@H](C(=O)O)[C@H]3CC[C@]21O3)C(C)C. The zero-order chi connectivity index (χ0) is 20.1. The molecular formula is C19H28N2O6. The fourth-order valence-corrected chi connectivity index (χ4v) is 5.07. The number of aliphatic hydroxyl groups is 1. The number of carbonyl (C=O) groups is 3. The fourth-order valence-electron chi connectivity index (χ4n) is 5.07. The number of nitrogens with zero attached hydrogens (tertiary/aromatic N) is 2. The Kier molecular flexibility index (Phi) is 5.07. The summed E-state index contributed by atoms with van der Waals surface area (Å²) in [5.41, 5.74) is -1.14. The number of rotatable bonds is 7. The van der Waals surface area contributed by atoms with Crippen molar-refractivity contribution in [3.8, 4) is 0 Å². The van der Waals surface area contributed by atoms with E-state index in [4.69, 9.17) is 4.74 Å². The average molecular weight is 380 g/mol. The van der Waals surface area contributed by atoms with Crippen LogP contribution in [0.3, 0.4) is 0 Å². The Morgan fingerprint density at radius 1 is 1.44 bits per heavy atom. The predicted octanol–water partition coefficient (Wildman–Crippen LogP) is 0.249. The molecule has 0 saturated carbocycles. The van der Waals surface area contributed by atoms with E-state index in [1.807, 2.05) is 13.8 Å². The lowest BCUT2D eigenvalue weighted by atomic mass is 9.70. The number of hydrogen-bond donors (Lipinski definition) is 2. The number of aliphatic hydroxyl groups excluding tert-OH is 1. The first kappa shape index (κ1) is 19.8. The maximum atomic E-state index is 13.5. The van der Waals surface area contributed by atoms with Gasteiger partial charge in [0.1, 0.15) is 11.6 Å². The lowest BCUT2D eigenvalue weighted by Crippen LogP contribution is -2.59. The lowest BCUT2D eigenvalue weighted by Gasteiger charge is -2.39. The highest BCUT2D eigenvalue weighted by molar-refractivity contribution is 5.98. The van der Waals surface area contributed by atoms with E-state index in [0.717, 1.165) is 0 Å². The summed E-state index contributed by atoms with van der Waals surface area (Å²) in [5, 5.41) is 19.4. The smallest absolute Gasteiger partial charge is 0.310 e. The summed E-state index contributed by atoms with van der Waals surface area (Å²) < 4.78 is 6.10. The number of carboxylic acid groups (broad SMARTS) is 1. The van der Waals surface area contributed by atoms with Crippen LogP contribution in [-0.2, 0) is 19.1 Å². The van der Waals surface area contributed by atoms with E-state index in [0.29, 0.717) is 19.4 Å². The number of ether oxygens (including phenoxy) is 1. The number of amides is 2. The van der Waals surface area contributed by atoms with Gasteiger partial charge in [-0.15, -0.1) is 6.58 Å². The molecule has 3 aliphatic heterocycles. The molecule has 0 unspecified atom stereocenters. The Labute approximate surface area is 158 Å². The second-order valence-electron chi connectivity index (χ2n) is 8.04. The summed E-state index contributed by atoms with van der Waals surface area (Å²) >= 11 is 0.